The number of alkyl halides is 3. The molecule has 0 amide bonds. The third kappa shape index (κ3) is 5.35. The highest BCUT2D eigenvalue weighted by Crippen LogP contribution is 2.36. The van der Waals surface area contributed by atoms with E-state index in [9.17, 15) is 18.0 Å². The van der Waals surface area contributed by atoms with E-state index in [2.05, 4.69) is 10.1 Å². The zero-order chi connectivity index (χ0) is 25.9. The van der Waals surface area contributed by atoms with Gasteiger partial charge < -0.3 is 14.2 Å². The fourth-order valence-corrected chi connectivity index (χ4v) is 3.91. The Morgan fingerprint density at radius 1 is 1.03 bits per heavy atom. The van der Waals surface area contributed by atoms with Gasteiger partial charge >= 0.3 is 6.18 Å². The molecule has 2 aromatic heterocycles. The molecule has 0 fully saturated rings. The van der Waals surface area contributed by atoms with Crippen molar-refractivity contribution in [3.05, 3.63) is 54.6 Å². The van der Waals surface area contributed by atoms with Gasteiger partial charge in [0.1, 0.15) is 23.4 Å². The number of ketones is 1. The Morgan fingerprint density at radius 3 is 2.39 bits per heavy atom. The average molecular weight is 502 g/mol. The SMILES string of the molecule is COCCn1cc(-c2ccc3c(c2)ncn3-c2cc(OC)c(C(=O)CCC(F)(F)F)c(OC)c2)cn1. The number of ether oxygens (including phenoxy) is 3. The molecule has 0 saturated heterocycles. The first-order chi connectivity index (χ1) is 17.2. The Kier molecular flexibility index (Phi) is 7.30. The maximum Gasteiger partial charge on any atom is 0.389 e. The van der Waals surface area contributed by atoms with Gasteiger partial charge in [0.15, 0.2) is 5.78 Å². The van der Waals surface area contributed by atoms with Crippen LogP contribution in [0.5, 0.6) is 11.5 Å². The highest BCUT2D eigenvalue weighted by molar-refractivity contribution is 6.02. The number of nitrogens with zero attached hydrogens (tertiary/aromatic N) is 4. The van der Waals surface area contributed by atoms with Gasteiger partial charge in [0, 0.05) is 37.4 Å². The summed E-state index contributed by atoms with van der Waals surface area (Å²) in [6, 6.07) is 8.95. The van der Waals surface area contributed by atoms with Crippen molar-refractivity contribution in [2.45, 2.75) is 25.6 Å². The van der Waals surface area contributed by atoms with Crippen LogP contribution in [-0.2, 0) is 11.3 Å². The largest absolute Gasteiger partial charge is 0.496 e. The third-order valence-electron chi connectivity index (χ3n) is 5.72. The van der Waals surface area contributed by atoms with Crippen molar-refractivity contribution >= 4 is 16.8 Å². The second-order valence-corrected chi connectivity index (χ2v) is 8.07. The quantitative estimate of drug-likeness (QED) is 0.282. The molecule has 0 saturated carbocycles. The van der Waals surface area contributed by atoms with Gasteiger partial charge in [-0.1, -0.05) is 6.07 Å². The van der Waals surface area contributed by atoms with Gasteiger partial charge in [0.05, 0.1) is 56.7 Å². The molecule has 190 valence electrons. The number of halogens is 3. The van der Waals surface area contributed by atoms with Crippen LogP contribution in [0.2, 0.25) is 0 Å². The predicted octanol–water partition coefficient (Wildman–Crippen LogP) is 5.08. The van der Waals surface area contributed by atoms with E-state index >= 15 is 0 Å². The van der Waals surface area contributed by atoms with E-state index in [1.165, 1.54) is 14.2 Å². The minimum atomic E-state index is -4.44. The summed E-state index contributed by atoms with van der Waals surface area (Å²) in [5.74, 6) is -0.462. The van der Waals surface area contributed by atoms with Crippen LogP contribution in [0, 0.1) is 0 Å². The monoisotopic (exact) mass is 502 g/mol. The second kappa shape index (κ2) is 10.4. The summed E-state index contributed by atoms with van der Waals surface area (Å²) in [6.07, 6.45) is -1.03. The van der Waals surface area contributed by atoms with Crippen molar-refractivity contribution in [2.24, 2.45) is 0 Å². The molecule has 11 heteroatoms. The Bertz CT molecular complexity index is 1350. The van der Waals surface area contributed by atoms with Crippen LogP contribution in [0.15, 0.2) is 49.1 Å². The maximum atomic E-state index is 12.6. The molecule has 4 aromatic rings. The molecular weight excluding hydrogens is 477 g/mol. The lowest BCUT2D eigenvalue weighted by Crippen LogP contribution is -2.13. The number of carbonyl (C=O) groups is 1. The van der Waals surface area contributed by atoms with E-state index in [-0.39, 0.29) is 17.1 Å². The molecule has 0 aliphatic rings. The summed E-state index contributed by atoms with van der Waals surface area (Å²) in [7, 11) is 4.34. The molecule has 0 N–H and O–H groups in total. The average Bonchev–Trinajstić information content (AvgIpc) is 3.51. The predicted molar refractivity (Wildman–Crippen MR) is 127 cm³/mol. The van der Waals surface area contributed by atoms with Crippen molar-refractivity contribution in [3.63, 3.8) is 0 Å². The lowest BCUT2D eigenvalue weighted by molar-refractivity contribution is -0.133. The summed E-state index contributed by atoms with van der Waals surface area (Å²) in [5, 5.41) is 4.34. The Hall–Kier alpha value is -3.86. The molecule has 0 unspecified atom stereocenters. The number of benzene rings is 2. The zero-order valence-electron chi connectivity index (χ0n) is 20.0. The van der Waals surface area contributed by atoms with E-state index in [0.717, 1.165) is 22.2 Å². The van der Waals surface area contributed by atoms with Gasteiger partial charge in [0.25, 0.3) is 0 Å². The maximum absolute atomic E-state index is 12.6. The highest BCUT2D eigenvalue weighted by Gasteiger charge is 2.30. The molecule has 0 aliphatic heterocycles. The van der Waals surface area contributed by atoms with Crippen molar-refractivity contribution in [1.82, 2.24) is 19.3 Å². The number of aromatic nitrogens is 4. The van der Waals surface area contributed by atoms with Crippen LogP contribution in [0.25, 0.3) is 27.8 Å². The Balaban J connectivity index is 1.67. The lowest BCUT2D eigenvalue weighted by atomic mass is 10.0. The van der Waals surface area contributed by atoms with Crippen LogP contribution in [0.3, 0.4) is 0 Å². The molecule has 8 nitrogen and oxygen atoms in total. The van der Waals surface area contributed by atoms with E-state index in [1.54, 1.807) is 41.0 Å². The molecule has 2 aromatic carbocycles. The third-order valence-corrected chi connectivity index (χ3v) is 5.72. The number of carbonyl (C=O) groups excluding carboxylic acids is 1. The molecule has 0 spiro atoms. The Morgan fingerprint density at radius 2 is 1.75 bits per heavy atom. The molecule has 0 radical (unpaired) electrons. The zero-order valence-corrected chi connectivity index (χ0v) is 20.0. The van der Waals surface area contributed by atoms with Crippen molar-refractivity contribution in [1.29, 1.82) is 0 Å². The number of hydrogen-bond acceptors (Lipinski definition) is 6. The summed E-state index contributed by atoms with van der Waals surface area (Å²) < 4.78 is 57.4. The van der Waals surface area contributed by atoms with Crippen LogP contribution in [0.1, 0.15) is 23.2 Å². The van der Waals surface area contributed by atoms with E-state index in [4.69, 9.17) is 14.2 Å². The lowest BCUT2D eigenvalue weighted by Gasteiger charge is -2.16. The molecule has 4 rings (SSSR count). The summed E-state index contributed by atoms with van der Waals surface area (Å²) in [6.45, 7) is 1.20. The van der Waals surface area contributed by atoms with Gasteiger partial charge in [-0.25, -0.2) is 4.98 Å². The van der Waals surface area contributed by atoms with E-state index < -0.39 is 24.8 Å². The van der Waals surface area contributed by atoms with E-state index in [1.807, 2.05) is 24.4 Å². The van der Waals surface area contributed by atoms with Gasteiger partial charge in [-0.15, -0.1) is 0 Å². The van der Waals surface area contributed by atoms with Crippen molar-refractivity contribution in [3.8, 4) is 28.3 Å². The second-order valence-electron chi connectivity index (χ2n) is 8.07. The first kappa shape index (κ1) is 25.2. The standard InChI is InChI=1S/C25H25F3N4O4/c1-34-9-8-31-14-17(13-30-31)16-4-5-20-19(10-16)29-15-32(20)18-11-22(35-2)24(23(12-18)36-3)21(33)6-7-25(26,27)28/h4-5,10-15H,6-9H2,1-3H3. The normalized spacial score (nSPS) is 11.7. The number of fused-ring (bicyclic) bond motifs is 1. The fraction of sp³-hybridized carbons (Fsp3) is 0.320. The molecular formula is C25H25F3N4O4. The van der Waals surface area contributed by atoms with Crippen LogP contribution in [0.4, 0.5) is 13.2 Å². The minimum absolute atomic E-state index is 0.0230. The highest BCUT2D eigenvalue weighted by atomic mass is 19.4. The summed E-state index contributed by atoms with van der Waals surface area (Å²) in [5.41, 5.74) is 3.94. The van der Waals surface area contributed by atoms with E-state index in [0.29, 0.717) is 18.8 Å². The fourth-order valence-electron chi connectivity index (χ4n) is 3.91. The first-order valence-corrected chi connectivity index (χ1v) is 11.1. The van der Waals surface area contributed by atoms with Crippen molar-refractivity contribution in [2.75, 3.05) is 27.9 Å². The van der Waals surface area contributed by atoms with Crippen LogP contribution < -0.4 is 9.47 Å². The summed E-state index contributed by atoms with van der Waals surface area (Å²) in [4.78, 5) is 17.1. The molecule has 0 aliphatic carbocycles. The molecule has 0 bridgehead atoms. The van der Waals surface area contributed by atoms with Gasteiger partial charge in [0.2, 0.25) is 0 Å². The number of Topliss-reactive ketones (excluding diaryl/α,β-unsaturated/α-hetero) is 1. The summed E-state index contributed by atoms with van der Waals surface area (Å²) >= 11 is 0. The molecule has 36 heavy (non-hydrogen) atoms. The molecule has 0 atom stereocenters. The Labute approximate surface area is 205 Å². The first-order valence-electron chi connectivity index (χ1n) is 11.1. The smallest absolute Gasteiger partial charge is 0.389 e. The van der Waals surface area contributed by atoms with Crippen LogP contribution >= 0.6 is 0 Å². The number of rotatable bonds is 10. The van der Waals surface area contributed by atoms with Gasteiger partial charge in [-0.05, 0) is 17.7 Å². The van der Waals surface area contributed by atoms with Gasteiger partial charge in [-0.3, -0.25) is 14.0 Å². The number of imidazole rings is 1. The van der Waals surface area contributed by atoms with Crippen LogP contribution in [-0.4, -0.2) is 59.2 Å². The van der Waals surface area contributed by atoms with Crippen molar-refractivity contribution < 1.29 is 32.2 Å². The number of hydrogen-bond donors (Lipinski definition) is 0. The molecule has 2 heterocycles. The minimum Gasteiger partial charge on any atom is -0.496 e. The topological polar surface area (TPSA) is 80.4 Å². The van der Waals surface area contributed by atoms with Gasteiger partial charge in [-0.2, -0.15) is 18.3 Å². The number of methoxy groups -OCH3 is 3.